The van der Waals surface area contributed by atoms with Crippen LogP contribution in [0, 0.1) is 22.7 Å². The molecule has 0 heterocycles. The summed E-state index contributed by atoms with van der Waals surface area (Å²) in [5, 5.41) is 21.1. The van der Waals surface area contributed by atoms with Crippen molar-refractivity contribution in [2.75, 3.05) is 0 Å². The van der Waals surface area contributed by atoms with Crippen LogP contribution < -0.4 is 4.74 Å². The van der Waals surface area contributed by atoms with Crippen LogP contribution in [-0.2, 0) is 6.61 Å². The average Bonchev–Trinajstić information content (AvgIpc) is 2.82. The van der Waals surface area contributed by atoms with Gasteiger partial charge in [0, 0.05) is 0 Å². The molecule has 3 nitrogen and oxygen atoms in total. The topological polar surface area (TPSA) is 56.8 Å². The molecule has 32 heavy (non-hydrogen) atoms. The summed E-state index contributed by atoms with van der Waals surface area (Å²) in [6, 6.07) is 29.6. The van der Waals surface area contributed by atoms with Gasteiger partial charge in [0.15, 0.2) is 0 Å². The smallest absolute Gasteiger partial charge is 0.148 e. The lowest BCUT2D eigenvalue weighted by Gasteiger charge is -2.13. The third-order valence-corrected chi connectivity index (χ3v) is 6.18. The van der Waals surface area contributed by atoms with Gasteiger partial charge in [0.2, 0.25) is 0 Å². The summed E-state index contributed by atoms with van der Waals surface area (Å²) in [5.41, 5.74) is 3.64. The van der Waals surface area contributed by atoms with Gasteiger partial charge in [-0.05, 0) is 89.7 Å². The van der Waals surface area contributed by atoms with Gasteiger partial charge < -0.3 is 4.74 Å². The second-order valence-corrected chi connectivity index (χ2v) is 8.81. The van der Waals surface area contributed by atoms with Gasteiger partial charge in [-0.2, -0.15) is 10.5 Å². The SMILES string of the molecule is N#C/C(=C/c1cc(Br)c(OCc2cccc3ccccc23)c(Br)c1)c1cccc(C#N)c1. The van der Waals surface area contributed by atoms with Crippen LogP contribution in [0.4, 0.5) is 0 Å². The quantitative estimate of drug-likeness (QED) is 0.190. The van der Waals surface area contributed by atoms with Crippen molar-refractivity contribution in [3.8, 4) is 17.9 Å². The van der Waals surface area contributed by atoms with Crippen LogP contribution in [0.25, 0.3) is 22.4 Å². The van der Waals surface area contributed by atoms with E-state index in [1.165, 1.54) is 10.8 Å². The second kappa shape index (κ2) is 9.83. The van der Waals surface area contributed by atoms with Crippen LogP contribution in [-0.4, -0.2) is 0 Å². The van der Waals surface area contributed by atoms with Crippen molar-refractivity contribution in [1.82, 2.24) is 0 Å². The summed E-state index contributed by atoms with van der Waals surface area (Å²) in [5.74, 6) is 0.695. The molecule has 0 bridgehead atoms. The van der Waals surface area contributed by atoms with E-state index in [1.54, 1.807) is 24.3 Å². The van der Waals surface area contributed by atoms with Crippen molar-refractivity contribution >= 4 is 54.3 Å². The summed E-state index contributed by atoms with van der Waals surface area (Å²) in [6.45, 7) is 0.429. The average molecular weight is 544 g/mol. The molecule has 0 amide bonds. The molecule has 4 aromatic carbocycles. The molecule has 0 atom stereocenters. The van der Waals surface area contributed by atoms with Crippen molar-refractivity contribution in [2.24, 2.45) is 0 Å². The molecule has 5 heteroatoms. The first-order valence-electron chi connectivity index (χ1n) is 9.80. The van der Waals surface area contributed by atoms with Gasteiger partial charge in [0.25, 0.3) is 0 Å². The van der Waals surface area contributed by atoms with E-state index in [1.807, 2.05) is 36.4 Å². The fraction of sp³-hybridized carbons (Fsp3) is 0.0370. The first kappa shape index (κ1) is 21.8. The van der Waals surface area contributed by atoms with Crippen LogP contribution >= 0.6 is 31.9 Å². The highest BCUT2D eigenvalue weighted by atomic mass is 79.9. The largest absolute Gasteiger partial charge is 0.487 e. The number of hydrogen-bond acceptors (Lipinski definition) is 3. The molecule has 4 rings (SSSR count). The molecule has 0 radical (unpaired) electrons. The normalized spacial score (nSPS) is 11.1. The van der Waals surface area contributed by atoms with Crippen LogP contribution in [0.5, 0.6) is 5.75 Å². The van der Waals surface area contributed by atoms with E-state index in [9.17, 15) is 5.26 Å². The van der Waals surface area contributed by atoms with E-state index >= 15 is 0 Å². The molecule has 0 aromatic heterocycles. The van der Waals surface area contributed by atoms with Crippen LogP contribution in [0.3, 0.4) is 0 Å². The van der Waals surface area contributed by atoms with E-state index < -0.39 is 0 Å². The molecule has 0 aliphatic carbocycles. The minimum absolute atomic E-state index is 0.429. The van der Waals surface area contributed by atoms with Crippen LogP contribution in [0.1, 0.15) is 22.3 Å². The van der Waals surface area contributed by atoms with Crippen molar-refractivity contribution in [1.29, 1.82) is 10.5 Å². The van der Waals surface area contributed by atoms with Gasteiger partial charge in [0.05, 0.1) is 32.2 Å². The zero-order valence-corrected chi connectivity index (χ0v) is 20.0. The zero-order valence-electron chi connectivity index (χ0n) is 16.8. The Morgan fingerprint density at radius 3 is 2.34 bits per heavy atom. The molecular formula is C27H16Br2N2O. The summed E-state index contributed by atoms with van der Waals surface area (Å²) >= 11 is 7.20. The molecular weight excluding hydrogens is 528 g/mol. The van der Waals surface area contributed by atoms with E-state index in [4.69, 9.17) is 10.00 Å². The Morgan fingerprint density at radius 1 is 0.875 bits per heavy atom. The lowest BCUT2D eigenvalue weighted by Crippen LogP contribution is -1.98. The van der Waals surface area contributed by atoms with E-state index in [2.05, 4.69) is 68.3 Å². The Bertz CT molecular complexity index is 1400. The van der Waals surface area contributed by atoms with Gasteiger partial charge in [-0.3, -0.25) is 0 Å². The molecule has 154 valence electrons. The number of rotatable bonds is 5. The summed E-state index contributed by atoms with van der Waals surface area (Å²) in [4.78, 5) is 0. The highest BCUT2D eigenvalue weighted by Crippen LogP contribution is 2.36. The lowest BCUT2D eigenvalue weighted by atomic mass is 10.0. The molecule has 0 fully saturated rings. The Hall–Kier alpha value is -3.38. The monoisotopic (exact) mass is 542 g/mol. The molecule has 0 unspecified atom stereocenters. The number of hydrogen-bond donors (Lipinski definition) is 0. The number of nitriles is 2. The molecule has 0 N–H and O–H groups in total. The Morgan fingerprint density at radius 2 is 1.59 bits per heavy atom. The van der Waals surface area contributed by atoms with Gasteiger partial charge in [-0.1, -0.05) is 54.6 Å². The van der Waals surface area contributed by atoms with Crippen molar-refractivity contribution in [3.63, 3.8) is 0 Å². The number of fused-ring (bicyclic) bond motifs is 1. The van der Waals surface area contributed by atoms with Crippen molar-refractivity contribution in [3.05, 3.63) is 110 Å². The highest BCUT2D eigenvalue weighted by molar-refractivity contribution is 9.11. The first-order chi connectivity index (χ1) is 15.6. The lowest BCUT2D eigenvalue weighted by molar-refractivity contribution is 0.303. The maximum absolute atomic E-state index is 9.65. The Labute approximate surface area is 203 Å². The van der Waals surface area contributed by atoms with E-state index in [0.29, 0.717) is 29.1 Å². The minimum Gasteiger partial charge on any atom is -0.487 e. The third-order valence-electron chi connectivity index (χ3n) is 5.01. The standard InChI is InChI=1S/C27H16Br2N2O/c28-25-13-19(12-23(16-31)21-8-3-5-18(11-21)15-30)14-26(29)27(25)32-17-22-9-4-7-20-6-1-2-10-24(20)22/h1-14H,17H2/b23-12-. The molecule has 0 saturated carbocycles. The fourth-order valence-electron chi connectivity index (χ4n) is 3.47. The molecule has 0 spiro atoms. The van der Waals surface area contributed by atoms with Crippen molar-refractivity contribution in [2.45, 2.75) is 6.61 Å². The van der Waals surface area contributed by atoms with E-state index in [0.717, 1.165) is 20.1 Å². The number of nitrogens with zero attached hydrogens (tertiary/aromatic N) is 2. The molecule has 0 aliphatic rings. The van der Waals surface area contributed by atoms with Gasteiger partial charge in [-0.25, -0.2) is 0 Å². The third kappa shape index (κ3) is 4.75. The number of ether oxygens (including phenoxy) is 1. The van der Waals surface area contributed by atoms with Crippen molar-refractivity contribution < 1.29 is 4.74 Å². The summed E-state index contributed by atoms with van der Waals surface area (Å²) in [6.07, 6.45) is 1.79. The number of halogens is 2. The molecule has 0 saturated heterocycles. The number of allylic oxidation sites excluding steroid dienone is 1. The van der Waals surface area contributed by atoms with Gasteiger partial charge in [-0.15, -0.1) is 0 Å². The predicted octanol–water partition coefficient (Wildman–Crippen LogP) is 7.88. The first-order valence-corrected chi connectivity index (χ1v) is 11.4. The maximum atomic E-state index is 9.65. The van der Waals surface area contributed by atoms with E-state index in [-0.39, 0.29) is 0 Å². The van der Waals surface area contributed by atoms with Crippen LogP contribution in [0.2, 0.25) is 0 Å². The zero-order chi connectivity index (χ0) is 22.5. The van der Waals surface area contributed by atoms with Gasteiger partial charge >= 0.3 is 0 Å². The Kier molecular flexibility index (Phi) is 6.71. The summed E-state index contributed by atoms with van der Waals surface area (Å²) < 4.78 is 7.71. The second-order valence-electron chi connectivity index (χ2n) is 7.10. The highest BCUT2D eigenvalue weighted by Gasteiger charge is 2.11. The Balaban J connectivity index is 1.61. The maximum Gasteiger partial charge on any atom is 0.148 e. The predicted molar refractivity (Wildman–Crippen MR) is 135 cm³/mol. The van der Waals surface area contributed by atoms with Gasteiger partial charge in [0.1, 0.15) is 12.4 Å². The fourth-order valence-corrected chi connectivity index (χ4v) is 4.92. The molecule has 4 aromatic rings. The van der Waals surface area contributed by atoms with Crippen LogP contribution in [0.15, 0.2) is 87.8 Å². The molecule has 0 aliphatic heterocycles. The minimum atomic E-state index is 0.429. The number of benzene rings is 4. The summed E-state index contributed by atoms with van der Waals surface area (Å²) in [7, 11) is 0.